The highest BCUT2D eigenvalue weighted by molar-refractivity contribution is 6.33. The molecule has 3 aromatic rings. The van der Waals surface area contributed by atoms with Crippen LogP contribution in [-0.2, 0) is 11.8 Å². The molecule has 2 aromatic heterocycles. The van der Waals surface area contributed by atoms with Gasteiger partial charge in [-0.05, 0) is 36.1 Å². The minimum absolute atomic E-state index is 0.000439. The van der Waals surface area contributed by atoms with Crippen LogP contribution in [0.25, 0.3) is 5.69 Å². The van der Waals surface area contributed by atoms with Crippen LogP contribution in [-0.4, -0.2) is 25.5 Å². The second-order valence-corrected chi connectivity index (χ2v) is 6.38. The molecule has 1 saturated carbocycles. The van der Waals surface area contributed by atoms with Crippen LogP contribution in [0.1, 0.15) is 17.9 Å². The number of amides is 1. The van der Waals surface area contributed by atoms with Crippen LogP contribution in [0.15, 0.2) is 49.1 Å². The number of aromatic nitrogens is 4. The van der Waals surface area contributed by atoms with Crippen molar-refractivity contribution in [2.24, 2.45) is 13.0 Å². The lowest BCUT2D eigenvalue weighted by Gasteiger charge is -2.12. The highest BCUT2D eigenvalue weighted by Gasteiger charge is 2.44. The molecule has 0 spiro atoms. The molecular weight excluding hydrogens is 326 g/mol. The highest BCUT2D eigenvalue weighted by atomic mass is 35.5. The molecule has 0 bridgehead atoms. The fourth-order valence-electron chi connectivity index (χ4n) is 2.96. The van der Waals surface area contributed by atoms with E-state index in [2.05, 4.69) is 15.5 Å². The monoisotopic (exact) mass is 341 g/mol. The van der Waals surface area contributed by atoms with E-state index in [-0.39, 0.29) is 17.7 Å². The van der Waals surface area contributed by atoms with Gasteiger partial charge in [0, 0.05) is 31.6 Å². The second-order valence-electron chi connectivity index (χ2n) is 5.97. The summed E-state index contributed by atoms with van der Waals surface area (Å²) in [6, 6.07) is 7.25. The molecule has 1 aliphatic carbocycles. The van der Waals surface area contributed by atoms with E-state index in [9.17, 15) is 4.79 Å². The van der Waals surface area contributed by atoms with Crippen molar-refractivity contribution in [3.8, 4) is 5.69 Å². The third-order valence-electron chi connectivity index (χ3n) is 4.26. The molecule has 1 N–H and O–H groups in total. The molecule has 4 rings (SSSR count). The van der Waals surface area contributed by atoms with Gasteiger partial charge in [0.05, 0.1) is 16.9 Å². The number of carbonyl (C=O) groups is 1. The average Bonchev–Trinajstić information content (AvgIpc) is 2.95. The van der Waals surface area contributed by atoms with Gasteiger partial charge in [-0.15, -0.1) is 0 Å². The summed E-state index contributed by atoms with van der Waals surface area (Å²) in [6.07, 6.45) is 8.11. The first-order chi connectivity index (χ1) is 11.6. The third-order valence-corrected chi connectivity index (χ3v) is 4.56. The number of nitrogens with one attached hydrogen (secondary N) is 1. The van der Waals surface area contributed by atoms with Crippen LogP contribution in [0.5, 0.6) is 0 Å². The van der Waals surface area contributed by atoms with Crippen molar-refractivity contribution in [3.63, 3.8) is 0 Å². The molecule has 7 heteroatoms. The first-order valence-electron chi connectivity index (χ1n) is 7.71. The number of rotatable bonds is 4. The van der Waals surface area contributed by atoms with E-state index < -0.39 is 0 Å². The zero-order valence-corrected chi connectivity index (χ0v) is 13.8. The van der Waals surface area contributed by atoms with Crippen molar-refractivity contribution >= 4 is 23.2 Å². The Morgan fingerprint density at radius 2 is 2.21 bits per heavy atom. The molecule has 1 fully saturated rings. The Bertz CT molecular complexity index is 886. The van der Waals surface area contributed by atoms with Gasteiger partial charge in [-0.25, -0.2) is 4.68 Å². The molecular formula is C17H16ClN5O. The van der Waals surface area contributed by atoms with Crippen molar-refractivity contribution in [1.29, 1.82) is 0 Å². The van der Waals surface area contributed by atoms with Gasteiger partial charge in [-0.2, -0.15) is 10.2 Å². The Kier molecular flexibility index (Phi) is 3.61. The molecule has 122 valence electrons. The van der Waals surface area contributed by atoms with E-state index in [4.69, 9.17) is 11.6 Å². The molecule has 0 radical (unpaired) electrons. The van der Waals surface area contributed by atoms with Gasteiger partial charge in [0.2, 0.25) is 5.91 Å². The molecule has 0 unspecified atom stereocenters. The van der Waals surface area contributed by atoms with Gasteiger partial charge in [0.25, 0.3) is 0 Å². The van der Waals surface area contributed by atoms with Crippen molar-refractivity contribution in [1.82, 2.24) is 19.6 Å². The lowest BCUT2D eigenvalue weighted by Crippen LogP contribution is -2.16. The van der Waals surface area contributed by atoms with Crippen LogP contribution in [0.4, 0.5) is 5.69 Å². The topological polar surface area (TPSA) is 64.7 Å². The first kappa shape index (κ1) is 15.0. The molecule has 24 heavy (non-hydrogen) atoms. The molecule has 1 aliphatic rings. The molecule has 1 amide bonds. The quantitative estimate of drug-likeness (QED) is 0.793. The summed E-state index contributed by atoms with van der Waals surface area (Å²) in [4.78, 5) is 12.6. The van der Waals surface area contributed by atoms with Gasteiger partial charge < -0.3 is 5.32 Å². The lowest BCUT2D eigenvalue weighted by molar-refractivity contribution is -0.117. The maximum atomic E-state index is 12.6. The zero-order valence-electron chi connectivity index (χ0n) is 13.1. The molecule has 1 aromatic carbocycles. The Labute approximate surface area is 144 Å². The molecule has 0 saturated heterocycles. The Hall–Kier alpha value is -2.60. The summed E-state index contributed by atoms with van der Waals surface area (Å²) < 4.78 is 3.42. The summed E-state index contributed by atoms with van der Waals surface area (Å²) in [7, 11) is 1.88. The van der Waals surface area contributed by atoms with E-state index >= 15 is 0 Å². The minimum atomic E-state index is -0.0290. The van der Waals surface area contributed by atoms with Crippen LogP contribution < -0.4 is 5.32 Å². The maximum absolute atomic E-state index is 12.6. The number of hydrogen-bond donors (Lipinski definition) is 1. The molecule has 2 atom stereocenters. The fraction of sp³-hybridized carbons (Fsp3) is 0.235. The molecule has 6 nitrogen and oxygen atoms in total. The number of carbonyl (C=O) groups excluding carboxylic acids is 1. The third kappa shape index (κ3) is 2.69. The Morgan fingerprint density at radius 1 is 1.33 bits per heavy atom. The Balaban J connectivity index is 1.54. The van der Waals surface area contributed by atoms with Crippen molar-refractivity contribution < 1.29 is 4.79 Å². The summed E-state index contributed by atoms with van der Waals surface area (Å²) in [6.45, 7) is 0. The fourth-order valence-corrected chi connectivity index (χ4v) is 3.22. The van der Waals surface area contributed by atoms with Gasteiger partial charge >= 0.3 is 0 Å². The van der Waals surface area contributed by atoms with E-state index in [1.165, 1.54) is 0 Å². The van der Waals surface area contributed by atoms with Gasteiger partial charge in [0.1, 0.15) is 5.69 Å². The van der Waals surface area contributed by atoms with Crippen molar-refractivity contribution in [3.05, 3.63) is 59.6 Å². The largest absolute Gasteiger partial charge is 0.324 e. The van der Waals surface area contributed by atoms with Gasteiger partial charge in [0.15, 0.2) is 0 Å². The molecule has 2 heterocycles. The number of aryl methyl sites for hydroxylation is 1. The van der Waals surface area contributed by atoms with Crippen molar-refractivity contribution in [2.45, 2.75) is 12.3 Å². The smallest absolute Gasteiger partial charge is 0.228 e. The summed E-state index contributed by atoms with van der Waals surface area (Å²) in [5.41, 5.74) is 2.44. The Morgan fingerprint density at radius 3 is 2.92 bits per heavy atom. The van der Waals surface area contributed by atoms with E-state index in [1.807, 2.05) is 37.6 Å². The van der Waals surface area contributed by atoms with E-state index in [1.54, 1.807) is 27.8 Å². The van der Waals surface area contributed by atoms with E-state index in [0.717, 1.165) is 12.0 Å². The van der Waals surface area contributed by atoms with Crippen LogP contribution >= 0.6 is 11.6 Å². The summed E-state index contributed by atoms with van der Waals surface area (Å²) in [5, 5.41) is 11.9. The average molecular weight is 342 g/mol. The number of halogens is 1. The number of anilines is 1. The zero-order chi connectivity index (χ0) is 16.7. The number of hydrogen-bond acceptors (Lipinski definition) is 3. The van der Waals surface area contributed by atoms with Gasteiger partial charge in [-0.3, -0.25) is 9.48 Å². The number of benzene rings is 1. The van der Waals surface area contributed by atoms with Crippen LogP contribution in [0, 0.1) is 5.92 Å². The van der Waals surface area contributed by atoms with Crippen molar-refractivity contribution in [2.75, 3.05) is 5.32 Å². The van der Waals surface area contributed by atoms with E-state index in [0.29, 0.717) is 16.4 Å². The predicted octanol–water partition coefficient (Wildman–Crippen LogP) is 3.00. The highest BCUT2D eigenvalue weighted by Crippen LogP contribution is 2.48. The lowest BCUT2D eigenvalue weighted by atomic mass is 10.2. The van der Waals surface area contributed by atoms with Crippen LogP contribution in [0.3, 0.4) is 0 Å². The summed E-state index contributed by atoms with van der Waals surface area (Å²) >= 11 is 6.30. The summed E-state index contributed by atoms with van der Waals surface area (Å²) in [5.74, 6) is 0.212. The number of nitrogens with zero attached hydrogens (tertiary/aromatic N) is 4. The SMILES string of the molecule is Cn1cc([C@@H]2C[C@H]2C(=O)Nc2cccc(Cl)c2-n2cccn2)cn1. The maximum Gasteiger partial charge on any atom is 0.228 e. The molecule has 0 aliphatic heterocycles. The van der Waals surface area contributed by atoms with Gasteiger partial charge in [-0.1, -0.05) is 17.7 Å². The second kappa shape index (κ2) is 5.79. The predicted molar refractivity (Wildman–Crippen MR) is 91.3 cm³/mol. The number of para-hydroxylation sites is 1. The first-order valence-corrected chi connectivity index (χ1v) is 8.09. The van der Waals surface area contributed by atoms with Crippen LogP contribution in [0.2, 0.25) is 5.02 Å². The minimum Gasteiger partial charge on any atom is -0.324 e. The normalized spacial score (nSPS) is 19.2. The standard InChI is InChI=1S/C17H16ClN5O/c1-22-10-11(9-20-22)12-8-13(12)17(24)21-15-5-2-4-14(18)16(15)23-7-3-6-19-23/h2-7,9-10,12-13H,8H2,1H3,(H,21,24)/t12-,13+/m0/s1.